The normalized spacial score (nSPS) is 22.6. The smallest absolute Gasteiger partial charge is 0.138 e. The van der Waals surface area contributed by atoms with Crippen molar-refractivity contribution in [3.63, 3.8) is 0 Å². The molecule has 0 radical (unpaired) electrons. The molecule has 0 saturated carbocycles. The molecule has 0 aliphatic carbocycles. The van der Waals surface area contributed by atoms with Crippen molar-refractivity contribution in [2.45, 2.75) is 39.0 Å². The van der Waals surface area contributed by atoms with Crippen molar-refractivity contribution in [1.29, 1.82) is 0 Å². The average molecular weight is 243 g/mol. The van der Waals surface area contributed by atoms with E-state index in [0.717, 1.165) is 19.5 Å². The molecule has 94 valence electrons. The second kappa shape index (κ2) is 8.13. The lowest BCUT2D eigenvalue weighted by Crippen LogP contribution is -2.39. The topological polar surface area (TPSA) is 20.3 Å². The van der Waals surface area contributed by atoms with E-state index in [-0.39, 0.29) is 5.92 Å². The lowest BCUT2D eigenvalue weighted by Gasteiger charge is -2.29. The molecule has 1 atom stereocenters. The first-order chi connectivity index (χ1) is 7.74. The number of hydrogen-bond donors (Lipinski definition) is 0. The number of unbranched alkanes of at least 4 members (excludes halogenated alkanes) is 3. The molecule has 0 aromatic carbocycles. The molecule has 0 N–H and O–H groups in total. The Morgan fingerprint density at radius 3 is 2.75 bits per heavy atom. The van der Waals surface area contributed by atoms with E-state index < -0.39 is 0 Å². The van der Waals surface area contributed by atoms with Crippen LogP contribution < -0.4 is 0 Å². The Hall–Kier alpha value is -0.0200. The summed E-state index contributed by atoms with van der Waals surface area (Å²) in [4.78, 5) is 13.8. The maximum atomic E-state index is 11.4. The summed E-state index contributed by atoms with van der Waals surface area (Å²) >= 11 is 1.94. The van der Waals surface area contributed by atoms with Crippen molar-refractivity contribution < 1.29 is 4.79 Å². The van der Waals surface area contributed by atoms with Crippen LogP contribution in [0.4, 0.5) is 0 Å². The number of Topliss-reactive ketones (excluding diaryl/α,β-unsaturated/α-hetero) is 1. The molecule has 2 nitrogen and oxygen atoms in total. The first kappa shape index (κ1) is 14.0. The quantitative estimate of drug-likeness (QED) is 0.641. The molecule has 1 fully saturated rings. The van der Waals surface area contributed by atoms with Gasteiger partial charge in [0, 0.05) is 25.4 Å². The van der Waals surface area contributed by atoms with Crippen LogP contribution >= 0.6 is 11.8 Å². The van der Waals surface area contributed by atoms with Gasteiger partial charge in [-0.2, -0.15) is 11.8 Å². The summed E-state index contributed by atoms with van der Waals surface area (Å²) < 4.78 is 0. The van der Waals surface area contributed by atoms with Gasteiger partial charge in [0.25, 0.3) is 0 Å². The molecule has 1 saturated heterocycles. The van der Waals surface area contributed by atoms with Crippen LogP contribution in [0.1, 0.15) is 39.0 Å². The van der Waals surface area contributed by atoms with Crippen LogP contribution in [0.5, 0.6) is 0 Å². The maximum Gasteiger partial charge on any atom is 0.138 e. The van der Waals surface area contributed by atoms with Gasteiger partial charge in [0.2, 0.25) is 0 Å². The summed E-state index contributed by atoms with van der Waals surface area (Å²) in [7, 11) is 0. The molecule has 16 heavy (non-hydrogen) atoms. The van der Waals surface area contributed by atoms with E-state index in [1.165, 1.54) is 38.0 Å². The van der Waals surface area contributed by atoms with E-state index in [4.69, 9.17) is 0 Å². The number of rotatable bonds is 7. The minimum Gasteiger partial charge on any atom is -0.302 e. The Bertz CT molecular complexity index is 208. The lowest BCUT2D eigenvalue weighted by molar-refractivity contribution is -0.125. The number of likely N-dealkylation sites (tertiary alicyclic amines) is 1. The number of carbonyl (C=O) groups excluding carboxylic acids is 1. The highest BCUT2D eigenvalue weighted by molar-refractivity contribution is 7.98. The fourth-order valence-corrected chi connectivity index (χ4v) is 2.73. The largest absolute Gasteiger partial charge is 0.302 e. The molecule has 0 aromatic heterocycles. The lowest BCUT2D eigenvalue weighted by atomic mass is 9.98. The van der Waals surface area contributed by atoms with Gasteiger partial charge in [-0.05, 0) is 31.4 Å². The van der Waals surface area contributed by atoms with Crippen molar-refractivity contribution in [3.05, 3.63) is 0 Å². The highest BCUT2D eigenvalue weighted by Crippen LogP contribution is 2.13. The van der Waals surface area contributed by atoms with E-state index in [2.05, 4.69) is 18.1 Å². The molecule has 1 aliphatic rings. The van der Waals surface area contributed by atoms with Crippen LogP contribution in [0, 0.1) is 5.92 Å². The van der Waals surface area contributed by atoms with Crippen molar-refractivity contribution in [2.24, 2.45) is 5.92 Å². The molecule has 1 rings (SSSR count). The first-order valence-corrected chi connectivity index (χ1v) is 7.87. The summed E-state index contributed by atoms with van der Waals surface area (Å²) in [5, 5.41) is 0. The maximum absolute atomic E-state index is 11.4. The van der Waals surface area contributed by atoms with Crippen LogP contribution in [0.3, 0.4) is 0 Å². The molecule has 3 heteroatoms. The number of nitrogens with zero attached hydrogens (tertiary/aromatic N) is 1. The van der Waals surface area contributed by atoms with Gasteiger partial charge in [0.05, 0.1) is 0 Å². The third-order valence-electron chi connectivity index (χ3n) is 3.33. The fraction of sp³-hybridized carbons (Fsp3) is 0.923. The molecular weight excluding hydrogens is 218 g/mol. The Morgan fingerprint density at radius 2 is 2.06 bits per heavy atom. The van der Waals surface area contributed by atoms with E-state index in [9.17, 15) is 4.79 Å². The minimum absolute atomic E-state index is 0.269. The Morgan fingerprint density at radius 1 is 1.31 bits per heavy atom. The molecule has 1 aliphatic heterocycles. The zero-order valence-corrected chi connectivity index (χ0v) is 11.5. The van der Waals surface area contributed by atoms with Crippen LogP contribution in [-0.2, 0) is 4.79 Å². The third kappa shape index (κ3) is 5.35. The standard InChI is InChI=1S/C13H25NOS/c1-12-11-14(9-7-13(12)15)8-5-3-4-6-10-16-2/h12H,3-11H2,1-2H3. The van der Waals surface area contributed by atoms with Crippen LogP contribution in [0.15, 0.2) is 0 Å². The van der Waals surface area contributed by atoms with Gasteiger partial charge in [-0.1, -0.05) is 19.8 Å². The molecular formula is C13H25NOS. The highest BCUT2D eigenvalue weighted by atomic mass is 32.2. The summed E-state index contributed by atoms with van der Waals surface area (Å²) in [5.74, 6) is 2.02. The van der Waals surface area contributed by atoms with E-state index in [1.807, 2.05) is 11.8 Å². The van der Waals surface area contributed by atoms with Gasteiger partial charge in [0.1, 0.15) is 5.78 Å². The zero-order valence-electron chi connectivity index (χ0n) is 10.7. The van der Waals surface area contributed by atoms with Crippen LogP contribution in [-0.4, -0.2) is 42.3 Å². The number of piperidine rings is 1. The molecule has 0 bridgehead atoms. The van der Waals surface area contributed by atoms with E-state index in [0.29, 0.717) is 5.78 Å². The summed E-state index contributed by atoms with van der Waals surface area (Å²) in [5.41, 5.74) is 0. The Kier molecular flexibility index (Phi) is 7.13. The minimum atomic E-state index is 0.269. The number of carbonyl (C=O) groups is 1. The average Bonchev–Trinajstić information content (AvgIpc) is 2.28. The first-order valence-electron chi connectivity index (χ1n) is 6.48. The molecule has 0 aromatic rings. The second-order valence-electron chi connectivity index (χ2n) is 4.82. The summed E-state index contributed by atoms with van der Waals surface area (Å²) in [6.45, 7) is 5.24. The monoisotopic (exact) mass is 243 g/mol. The van der Waals surface area contributed by atoms with Gasteiger partial charge >= 0.3 is 0 Å². The predicted molar refractivity (Wildman–Crippen MR) is 72.1 cm³/mol. The highest BCUT2D eigenvalue weighted by Gasteiger charge is 2.22. The number of hydrogen-bond acceptors (Lipinski definition) is 3. The SMILES string of the molecule is CSCCCCCCN1CCC(=O)C(C)C1. The summed E-state index contributed by atoms with van der Waals surface area (Å²) in [6, 6.07) is 0. The van der Waals surface area contributed by atoms with Gasteiger partial charge < -0.3 is 4.90 Å². The third-order valence-corrected chi connectivity index (χ3v) is 4.03. The Balaban J connectivity index is 1.99. The number of thioether (sulfide) groups is 1. The van der Waals surface area contributed by atoms with Crippen molar-refractivity contribution in [3.8, 4) is 0 Å². The van der Waals surface area contributed by atoms with Gasteiger partial charge in [0.15, 0.2) is 0 Å². The zero-order chi connectivity index (χ0) is 11.8. The van der Waals surface area contributed by atoms with Crippen LogP contribution in [0.2, 0.25) is 0 Å². The molecule has 0 amide bonds. The van der Waals surface area contributed by atoms with E-state index >= 15 is 0 Å². The predicted octanol–water partition coefficient (Wildman–Crippen LogP) is 2.82. The van der Waals surface area contributed by atoms with Crippen molar-refractivity contribution in [2.75, 3.05) is 31.6 Å². The second-order valence-corrected chi connectivity index (χ2v) is 5.81. The van der Waals surface area contributed by atoms with Gasteiger partial charge in [-0.15, -0.1) is 0 Å². The molecule has 1 unspecified atom stereocenters. The Labute approximate surface area is 104 Å². The van der Waals surface area contributed by atoms with Crippen molar-refractivity contribution >= 4 is 17.5 Å². The molecule has 1 heterocycles. The van der Waals surface area contributed by atoms with Gasteiger partial charge in [-0.3, -0.25) is 4.79 Å². The van der Waals surface area contributed by atoms with Crippen molar-refractivity contribution in [1.82, 2.24) is 4.90 Å². The van der Waals surface area contributed by atoms with Crippen LogP contribution in [0.25, 0.3) is 0 Å². The van der Waals surface area contributed by atoms with Gasteiger partial charge in [-0.25, -0.2) is 0 Å². The molecule has 0 spiro atoms. The fourth-order valence-electron chi connectivity index (χ4n) is 2.23. The summed E-state index contributed by atoms with van der Waals surface area (Å²) in [6.07, 6.45) is 8.31. The van der Waals surface area contributed by atoms with E-state index in [1.54, 1.807) is 0 Å². The number of ketones is 1.